The summed E-state index contributed by atoms with van der Waals surface area (Å²) in [6, 6.07) is 0. The second kappa shape index (κ2) is 3.73. The van der Waals surface area contributed by atoms with Gasteiger partial charge < -0.3 is 0 Å². The van der Waals surface area contributed by atoms with Gasteiger partial charge in [0.1, 0.15) is 0 Å². The predicted octanol–water partition coefficient (Wildman–Crippen LogP) is 0.835. The van der Waals surface area contributed by atoms with Crippen molar-refractivity contribution >= 4 is 7.85 Å². The molecule has 1 aliphatic rings. The molecule has 0 amide bonds. The van der Waals surface area contributed by atoms with Crippen LogP contribution in [0, 0.1) is 0 Å². The van der Waals surface area contributed by atoms with E-state index in [0.29, 0.717) is 0 Å². The molecule has 0 aliphatic carbocycles. The van der Waals surface area contributed by atoms with E-state index in [4.69, 9.17) is 7.85 Å². The third-order valence-corrected chi connectivity index (χ3v) is 1.57. The van der Waals surface area contributed by atoms with Crippen LogP contribution >= 0.6 is 0 Å². The molecule has 0 spiro atoms. The third kappa shape index (κ3) is 2.23. The first kappa shape index (κ1) is 6.88. The Morgan fingerprint density at radius 3 is 2.56 bits per heavy atom. The first-order chi connectivity index (χ1) is 4.43. The van der Waals surface area contributed by atoms with Gasteiger partial charge in [0.15, 0.2) is 0 Å². The molecule has 0 unspecified atom stereocenters. The van der Waals surface area contributed by atoms with Crippen LogP contribution in [-0.4, -0.2) is 32.4 Å². The summed E-state index contributed by atoms with van der Waals surface area (Å²) in [5.74, 6) is 0. The molecule has 2 radical (unpaired) electrons. The lowest BCUT2D eigenvalue weighted by molar-refractivity contribution is 0.353. The lowest BCUT2D eigenvalue weighted by Crippen LogP contribution is -2.20. The van der Waals surface area contributed by atoms with E-state index in [2.05, 4.69) is 17.1 Å². The van der Waals surface area contributed by atoms with E-state index in [1.54, 1.807) is 0 Å². The maximum absolute atomic E-state index is 5.36. The van der Waals surface area contributed by atoms with Gasteiger partial charge in [-0.3, -0.25) is 4.90 Å². The van der Waals surface area contributed by atoms with E-state index >= 15 is 0 Å². The van der Waals surface area contributed by atoms with Gasteiger partial charge in [0.05, 0.1) is 7.85 Å². The van der Waals surface area contributed by atoms with Crippen molar-refractivity contribution in [2.45, 2.75) is 12.7 Å². The monoisotopic (exact) mass is 121 g/mol. The Balaban J connectivity index is 2.01. The topological polar surface area (TPSA) is 3.24 Å². The number of hydrogen-bond acceptors (Lipinski definition) is 1. The molecule has 0 saturated heterocycles. The minimum atomic E-state index is 0.816. The second-order valence-corrected chi connectivity index (χ2v) is 2.37. The van der Waals surface area contributed by atoms with Crippen LogP contribution in [-0.2, 0) is 0 Å². The quantitative estimate of drug-likeness (QED) is 0.395. The highest BCUT2D eigenvalue weighted by molar-refractivity contribution is 6.08. The predicted molar refractivity (Wildman–Crippen MR) is 40.8 cm³/mol. The molecule has 0 N–H and O–H groups in total. The molecule has 0 aromatic heterocycles. The number of hydrogen-bond donors (Lipinski definition) is 0. The molecule has 0 bridgehead atoms. The van der Waals surface area contributed by atoms with Crippen molar-refractivity contribution in [3.8, 4) is 0 Å². The highest BCUT2D eigenvalue weighted by Gasteiger charge is 2.02. The highest BCUT2D eigenvalue weighted by Crippen LogP contribution is 1.99. The normalized spacial score (nSPS) is 19.1. The van der Waals surface area contributed by atoms with E-state index in [1.807, 2.05) is 0 Å². The molecule has 2 heteroatoms. The largest absolute Gasteiger partial charge is 0.296 e. The fraction of sp³-hybridized carbons (Fsp3) is 0.714. The molecule has 1 rings (SSSR count). The van der Waals surface area contributed by atoms with Crippen LogP contribution in [0.4, 0.5) is 0 Å². The van der Waals surface area contributed by atoms with Gasteiger partial charge in [-0.05, 0) is 13.0 Å². The summed E-state index contributed by atoms with van der Waals surface area (Å²) in [7, 11) is 5.36. The van der Waals surface area contributed by atoms with Crippen molar-refractivity contribution in [2.24, 2.45) is 0 Å². The summed E-state index contributed by atoms with van der Waals surface area (Å²) in [6.07, 6.45) is 6.35. The van der Waals surface area contributed by atoms with Crippen LogP contribution in [0.3, 0.4) is 0 Å². The van der Waals surface area contributed by atoms with Gasteiger partial charge in [-0.2, -0.15) is 0 Å². The van der Waals surface area contributed by atoms with Gasteiger partial charge in [0.25, 0.3) is 0 Å². The molecule has 48 valence electrons. The standard InChI is InChI=1S/C7H12BN/c8-4-3-7-9-5-1-2-6-9/h1-2H,3-7H2. The molecule has 0 atom stereocenters. The van der Waals surface area contributed by atoms with E-state index in [0.717, 1.165) is 32.4 Å². The fourth-order valence-corrected chi connectivity index (χ4v) is 1.02. The zero-order valence-corrected chi connectivity index (χ0v) is 5.71. The molecule has 1 aliphatic heterocycles. The van der Waals surface area contributed by atoms with Gasteiger partial charge in [0, 0.05) is 13.1 Å². The Bertz CT molecular complexity index is 93.1. The summed E-state index contributed by atoms with van der Waals surface area (Å²) in [5, 5.41) is 0. The zero-order valence-electron chi connectivity index (χ0n) is 5.71. The Morgan fingerprint density at radius 2 is 2.00 bits per heavy atom. The molecule has 1 heterocycles. The van der Waals surface area contributed by atoms with Crippen molar-refractivity contribution in [1.29, 1.82) is 0 Å². The molecule has 0 aromatic carbocycles. The zero-order chi connectivity index (χ0) is 6.53. The molecule has 0 fully saturated rings. The SMILES string of the molecule is [B]CCCN1CC=CC1. The Morgan fingerprint density at radius 1 is 1.33 bits per heavy atom. The number of rotatable bonds is 3. The first-order valence-corrected chi connectivity index (χ1v) is 3.51. The van der Waals surface area contributed by atoms with Crippen molar-refractivity contribution in [2.75, 3.05) is 19.6 Å². The molecular weight excluding hydrogens is 109 g/mol. The van der Waals surface area contributed by atoms with Crippen LogP contribution in [0.5, 0.6) is 0 Å². The van der Waals surface area contributed by atoms with Gasteiger partial charge in [-0.15, -0.1) is 0 Å². The summed E-state index contributed by atoms with van der Waals surface area (Å²) in [4.78, 5) is 2.38. The smallest absolute Gasteiger partial charge is 0.0653 e. The maximum atomic E-state index is 5.36. The Kier molecular flexibility index (Phi) is 2.85. The lowest BCUT2D eigenvalue weighted by atomic mass is 10.0. The molecule has 9 heavy (non-hydrogen) atoms. The Hall–Kier alpha value is -0.235. The van der Waals surface area contributed by atoms with Crippen LogP contribution in [0.25, 0.3) is 0 Å². The highest BCUT2D eigenvalue weighted by atomic mass is 15.1. The van der Waals surface area contributed by atoms with Gasteiger partial charge in [-0.25, -0.2) is 0 Å². The Labute approximate surface area is 58.1 Å². The average molecular weight is 121 g/mol. The van der Waals surface area contributed by atoms with Crippen LogP contribution in [0.2, 0.25) is 6.32 Å². The first-order valence-electron chi connectivity index (χ1n) is 3.51. The third-order valence-electron chi connectivity index (χ3n) is 1.57. The summed E-state index contributed by atoms with van der Waals surface area (Å²) in [6.45, 7) is 3.41. The minimum absolute atomic E-state index is 0.816. The van der Waals surface area contributed by atoms with E-state index < -0.39 is 0 Å². The van der Waals surface area contributed by atoms with Gasteiger partial charge in [-0.1, -0.05) is 18.5 Å². The summed E-state index contributed by atoms with van der Waals surface area (Å²) < 4.78 is 0. The minimum Gasteiger partial charge on any atom is -0.296 e. The summed E-state index contributed by atoms with van der Waals surface area (Å²) >= 11 is 0. The van der Waals surface area contributed by atoms with Crippen LogP contribution in [0.1, 0.15) is 6.42 Å². The van der Waals surface area contributed by atoms with Crippen molar-refractivity contribution in [3.05, 3.63) is 12.2 Å². The van der Waals surface area contributed by atoms with E-state index in [9.17, 15) is 0 Å². The second-order valence-electron chi connectivity index (χ2n) is 2.37. The number of nitrogens with zero attached hydrogens (tertiary/aromatic N) is 1. The molecule has 0 aromatic rings. The van der Waals surface area contributed by atoms with Gasteiger partial charge in [0.2, 0.25) is 0 Å². The summed E-state index contributed by atoms with van der Waals surface area (Å²) in [5.41, 5.74) is 0. The van der Waals surface area contributed by atoms with E-state index in [-0.39, 0.29) is 0 Å². The van der Waals surface area contributed by atoms with E-state index in [1.165, 1.54) is 0 Å². The van der Waals surface area contributed by atoms with Crippen molar-refractivity contribution in [1.82, 2.24) is 4.90 Å². The average Bonchev–Trinajstić information content (AvgIpc) is 2.34. The van der Waals surface area contributed by atoms with Crippen LogP contribution < -0.4 is 0 Å². The van der Waals surface area contributed by atoms with Crippen LogP contribution in [0.15, 0.2) is 12.2 Å². The lowest BCUT2D eigenvalue weighted by Gasteiger charge is -2.12. The molecule has 1 nitrogen and oxygen atoms in total. The molecule has 0 saturated carbocycles. The molecular formula is C7H12BN. The maximum Gasteiger partial charge on any atom is 0.0653 e. The fourth-order valence-electron chi connectivity index (χ4n) is 1.02. The van der Waals surface area contributed by atoms with Crippen molar-refractivity contribution < 1.29 is 0 Å². The van der Waals surface area contributed by atoms with Crippen molar-refractivity contribution in [3.63, 3.8) is 0 Å². The van der Waals surface area contributed by atoms with Gasteiger partial charge >= 0.3 is 0 Å².